The summed E-state index contributed by atoms with van der Waals surface area (Å²) in [5.74, 6) is -2.18. The van der Waals surface area contributed by atoms with Gasteiger partial charge < -0.3 is 23.7 Å². The van der Waals surface area contributed by atoms with Crippen molar-refractivity contribution in [2.75, 3.05) is 19.8 Å². The first-order valence-corrected chi connectivity index (χ1v) is 11.8. The summed E-state index contributed by atoms with van der Waals surface area (Å²) >= 11 is 0. The highest BCUT2D eigenvalue weighted by Crippen LogP contribution is 2.22. The van der Waals surface area contributed by atoms with Gasteiger partial charge in [-0.1, -0.05) is 57.0 Å². The van der Waals surface area contributed by atoms with Crippen molar-refractivity contribution >= 4 is 11.9 Å². The minimum Gasteiger partial charge on any atom is -0.466 e. The van der Waals surface area contributed by atoms with Gasteiger partial charge in [0.25, 0.3) is 5.97 Å². The smallest absolute Gasteiger partial charge is 0.335 e. The monoisotopic (exact) mass is 452 g/mol. The summed E-state index contributed by atoms with van der Waals surface area (Å²) in [7, 11) is 0. The van der Waals surface area contributed by atoms with E-state index in [1.165, 1.54) is 0 Å². The van der Waals surface area contributed by atoms with E-state index < -0.39 is 18.0 Å². The Kier molecular flexibility index (Phi) is 14.6. The van der Waals surface area contributed by atoms with E-state index in [1.807, 2.05) is 30.3 Å². The van der Waals surface area contributed by atoms with Gasteiger partial charge in [0.1, 0.15) is 6.61 Å². The number of ether oxygens (including phenoxy) is 5. The third-order valence-electron chi connectivity index (χ3n) is 4.72. The van der Waals surface area contributed by atoms with E-state index >= 15 is 0 Å². The quantitative estimate of drug-likeness (QED) is 0.173. The van der Waals surface area contributed by atoms with Crippen LogP contribution in [0.3, 0.4) is 0 Å². The molecule has 0 radical (unpaired) electrons. The second-order valence-electron chi connectivity index (χ2n) is 7.66. The van der Waals surface area contributed by atoms with Crippen LogP contribution < -0.4 is 0 Å². The molecule has 32 heavy (non-hydrogen) atoms. The van der Waals surface area contributed by atoms with E-state index in [0.717, 1.165) is 31.2 Å². The van der Waals surface area contributed by atoms with Gasteiger partial charge in [0.05, 0.1) is 19.8 Å². The van der Waals surface area contributed by atoms with E-state index in [4.69, 9.17) is 23.7 Å². The molecule has 0 amide bonds. The molecule has 0 saturated carbocycles. The van der Waals surface area contributed by atoms with Crippen molar-refractivity contribution in [1.82, 2.24) is 0 Å². The summed E-state index contributed by atoms with van der Waals surface area (Å²) in [6.07, 6.45) is 3.61. The Morgan fingerprint density at radius 3 is 2.09 bits per heavy atom. The third kappa shape index (κ3) is 12.2. The van der Waals surface area contributed by atoms with Crippen molar-refractivity contribution in [1.29, 1.82) is 0 Å². The molecular weight excluding hydrogens is 412 g/mol. The maximum Gasteiger partial charge on any atom is 0.335 e. The number of hydrogen-bond acceptors (Lipinski definition) is 7. The van der Waals surface area contributed by atoms with E-state index in [-0.39, 0.29) is 25.4 Å². The van der Waals surface area contributed by atoms with Gasteiger partial charge in [-0.2, -0.15) is 0 Å². The second-order valence-corrected chi connectivity index (χ2v) is 7.66. The predicted molar refractivity (Wildman–Crippen MR) is 122 cm³/mol. The van der Waals surface area contributed by atoms with Crippen LogP contribution in [-0.2, 0) is 39.9 Å². The highest BCUT2D eigenvalue weighted by Gasteiger charge is 2.35. The van der Waals surface area contributed by atoms with Crippen LogP contribution in [0.5, 0.6) is 0 Å². The number of hydrogen-bond donors (Lipinski definition) is 0. The first-order valence-electron chi connectivity index (χ1n) is 11.8. The molecule has 0 aliphatic rings. The van der Waals surface area contributed by atoms with Gasteiger partial charge in [-0.05, 0) is 38.2 Å². The molecule has 0 heterocycles. The Labute approximate surface area is 192 Å². The molecule has 1 aromatic carbocycles. The molecule has 182 valence electrons. The molecule has 7 heteroatoms. The van der Waals surface area contributed by atoms with E-state index in [0.29, 0.717) is 26.2 Å². The van der Waals surface area contributed by atoms with Crippen LogP contribution in [0, 0.1) is 0 Å². The standard InChI is InChI=1S/C25H40O7/c1-5-8-18-30-25(4,31-19-9-6-2)32-22(16-13-17-23(26)28-7-3)24(27)29-20-21-14-11-10-12-15-21/h10-12,14-15,22H,5-9,13,16-20H2,1-4H3. The Morgan fingerprint density at radius 2 is 1.53 bits per heavy atom. The van der Waals surface area contributed by atoms with Crippen LogP contribution >= 0.6 is 0 Å². The number of rotatable bonds is 18. The lowest BCUT2D eigenvalue weighted by Crippen LogP contribution is -2.43. The molecule has 1 aromatic rings. The first-order chi connectivity index (χ1) is 15.4. The minimum absolute atomic E-state index is 0.140. The summed E-state index contributed by atoms with van der Waals surface area (Å²) in [4.78, 5) is 24.6. The van der Waals surface area contributed by atoms with Crippen LogP contribution in [-0.4, -0.2) is 43.8 Å². The highest BCUT2D eigenvalue weighted by molar-refractivity contribution is 5.75. The molecule has 1 atom stereocenters. The summed E-state index contributed by atoms with van der Waals surface area (Å²) in [6.45, 7) is 8.95. The highest BCUT2D eigenvalue weighted by atomic mass is 16.9. The number of benzene rings is 1. The van der Waals surface area contributed by atoms with E-state index in [1.54, 1.807) is 13.8 Å². The topological polar surface area (TPSA) is 80.3 Å². The largest absolute Gasteiger partial charge is 0.466 e. The third-order valence-corrected chi connectivity index (χ3v) is 4.72. The molecule has 0 spiro atoms. The Hall–Kier alpha value is -1.96. The molecule has 0 aliphatic heterocycles. The van der Waals surface area contributed by atoms with Gasteiger partial charge in [-0.3, -0.25) is 4.79 Å². The van der Waals surface area contributed by atoms with Gasteiger partial charge in [-0.25, -0.2) is 4.79 Å². The minimum atomic E-state index is -1.37. The van der Waals surface area contributed by atoms with Gasteiger partial charge in [0, 0.05) is 13.3 Å². The fraction of sp³-hybridized carbons (Fsp3) is 0.680. The lowest BCUT2D eigenvalue weighted by molar-refractivity contribution is -0.381. The molecular formula is C25H40O7. The molecule has 0 bridgehead atoms. The van der Waals surface area contributed by atoms with Crippen molar-refractivity contribution in [3.63, 3.8) is 0 Å². The average Bonchev–Trinajstić information content (AvgIpc) is 2.78. The van der Waals surface area contributed by atoms with Crippen molar-refractivity contribution in [3.8, 4) is 0 Å². The normalized spacial score (nSPS) is 12.4. The van der Waals surface area contributed by atoms with E-state index in [2.05, 4.69) is 13.8 Å². The lowest BCUT2D eigenvalue weighted by Gasteiger charge is -2.33. The van der Waals surface area contributed by atoms with Crippen LogP contribution in [0.15, 0.2) is 30.3 Å². The van der Waals surface area contributed by atoms with Crippen molar-refractivity contribution < 1.29 is 33.3 Å². The fourth-order valence-corrected chi connectivity index (χ4v) is 2.88. The number of carbonyl (C=O) groups excluding carboxylic acids is 2. The van der Waals surface area contributed by atoms with E-state index in [9.17, 15) is 9.59 Å². The SMILES string of the molecule is CCCCOC(C)(OCCCC)OC(CCCC(=O)OCC)C(=O)OCc1ccccc1. The molecule has 7 nitrogen and oxygen atoms in total. The maximum atomic E-state index is 12.9. The van der Waals surface area contributed by atoms with Crippen molar-refractivity contribution in [2.45, 2.75) is 91.3 Å². The lowest BCUT2D eigenvalue weighted by atomic mass is 10.1. The van der Waals surface area contributed by atoms with Crippen LogP contribution in [0.25, 0.3) is 0 Å². The summed E-state index contributed by atoms with van der Waals surface area (Å²) in [5.41, 5.74) is 0.882. The number of carbonyl (C=O) groups is 2. The number of unbranched alkanes of at least 4 members (excludes halogenated alkanes) is 2. The van der Waals surface area contributed by atoms with Crippen LogP contribution in [0.4, 0.5) is 0 Å². The van der Waals surface area contributed by atoms with Crippen LogP contribution in [0.1, 0.15) is 78.2 Å². The summed E-state index contributed by atoms with van der Waals surface area (Å²) in [5, 5.41) is 0. The molecule has 1 rings (SSSR count). The van der Waals surface area contributed by atoms with Crippen molar-refractivity contribution in [2.24, 2.45) is 0 Å². The summed E-state index contributed by atoms with van der Waals surface area (Å²) < 4.78 is 28.3. The van der Waals surface area contributed by atoms with Crippen LogP contribution in [0.2, 0.25) is 0 Å². The zero-order chi connectivity index (χ0) is 23.7. The fourth-order valence-electron chi connectivity index (χ4n) is 2.88. The molecule has 0 fully saturated rings. The van der Waals surface area contributed by atoms with Gasteiger partial charge in [-0.15, -0.1) is 0 Å². The Bertz CT molecular complexity index is 622. The number of esters is 2. The molecule has 0 aliphatic carbocycles. The molecule has 0 aromatic heterocycles. The molecule has 0 N–H and O–H groups in total. The zero-order valence-electron chi connectivity index (χ0n) is 20.1. The average molecular weight is 453 g/mol. The Balaban J connectivity index is 2.82. The first kappa shape index (κ1) is 28.1. The van der Waals surface area contributed by atoms with Crippen molar-refractivity contribution in [3.05, 3.63) is 35.9 Å². The van der Waals surface area contributed by atoms with Gasteiger partial charge >= 0.3 is 11.9 Å². The Morgan fingerprint density at radius 1 is 0.906 bits per heavy atom. The molecule has 1 unspecified atom stereocenters. The zero-order valence-corrected chi connectivity index (χ0v) is 20.1. The predicted octanol–water partition coefficient (Wildman–Crippen LogP) is 5.16. The molecule has 0 saturated heterocycles. The second kappa shape index (κ2) is 16.6. The van der Waals surface area contributed by atoms with Gasteiger partial charge in [0.15, 0.2) is 6.10 Å². The van der Waals surface area contributed by atoms with Gasteiger partial charge in [0.2, 0.25) is 0 Å². The summed E-state index contributed by atoms with van der Waals surface area (Å²) in [6, 6.07) is 9.44. The maximum absolute atomic E-state index is 12.9.